The summed E-state index contributed by atoms with van der Waals surface area (Å²) in [6.45, 7) is 0.0455. The van der Waals surface area contributed by atoms with Crippen molar-refractivity contribution < 1.29 is 18.7 Å². The van der Waals surface area contributed by atoms with E-state index in [1.54, 1.807) is 12.1 Å². The molecule has 3 rings (SSSR count). The van der Waals surface area contributed by atoms with Gasteiger partial charge < -0.3 is 10.1 Å². The van der Waals surface area contributed by atoms with Crippen molar-refractivity contribution in [3.63, 3.8) is 0 Å². The van der Waals surface area contributed by atoms with Crippen molar-refractivity contribution in [2.45, 2.75) is 38.6 Å². The van der Waals surface area contributed by atoms with E-state index in [4.69, 9.17) is 4.74 Å². The number of benzene rings is 1. The molecule has 2 bridgehead atoms. The van der Waals surface area contributed by atoms with Crippen LogP contribution in [0.25, 0.3) is 0 Å². The summed E-state index contributed by atoms with van der Waals surface area (Å²) in [5, 5.41) is 2.66. The van der Waals surface area contributed by atoms with Crippen molar-refractivity contribution in [2.24, 2.45) is 17.8 Å². The Morgan fingerprint density at radius 2 is 1.96 bits per heavy atom. The second-order valence-electron chi connectivity index (χ2n) is 6.70. The molecule has 2 aliphatic rings. The molecule has 1 amide bonds. The molecule has 1 aromatic carbocycles. The van der Waals surface area contributed by atoms with Gasteiger partial charge in [-0.25, -0.2) is 4.39 Å². The Morgan fingerprint density at radius 1 is 1.17 bits per heavy atom. The first kappa shape index (κ1) is 16.0. The van der Waals surface area contributed by atoms with Crippen LogP contribution < -0.4 is 5.32 Å². The fraction of sp³-hybridized carbons (Fsp3) is 0.556. The van der Waals surface area contributed by atoms with Gasteiger partial charge >= 0.3 is 5.97 Å². The number of fused-ring (bicyclic) bond motifs is 2. The first-order valence-corrected chi connectivity index (χ1v) is 8.27. The van der Waals surface area contributed by atoms with Gasteiger partial charge in [0, 0.05) is 13.0 Å². The average molecular weight is 319 g/mol. The van der Waals surface area contributed by atoms with Crippen LogP contribution in [0.15, 0.2) is 24.3 Å². The predicted octanol–water partition coefficient (Wildman–Crippen LogP) is 2.81. The van der Waals surface area contributed by atoms with Gasteiger partial charge in [-0.1, -0.05) is 18.6 Å². The standard InChI is InChI=1S/C18H22FNO3/c19-16-5-2-12(3-6-16)10-20-17(21)11-23-18(22)9-15-8-13-1-4-14(15)7-13/h2-3,5-6,13-15H,1,4,7-11H2,(H,20,21)/t13-,14-,15-/m1/s1. The molecule has 0 spiro atoms. The first-order valence-electron chi connectivity index (χ1n) is 8.27. The van der Waals surface area contributed by atoms with Crippen LogP contribution in [-0.4, -0.2) is 18.5 Å². The second kappa shape index (κ2) is 7.11. The van der Waals surface area contributed by atoms with Gasteiger partial charge in [-0.2, -0.15) is 0 Å². The molecule has 0 heterocycles. The van der Waals surface area contributed by atoms with Crippen molar-refractivity contribution in [1.29, 1.82) is 0 Å². The minimum atomic E-state index is -0.337. The third-order valence-electron chi connectivity index (χ3n) is 5.08. The van der Waals surface area contributed by atoms with Gasteiger partial charge in [-0.3, -0.25) is 9.59 Å². The molecule has 4 nitrogen and oxygen atoms in total. The lowest BCUT2D eigenvalue weighted by atomic mass is 9.86. The molecular weight excluding hydrogens is 297 g/mol. The quantitative estimate of drug-likeness (QED) is 0.820. The molecule has 23 heavy (non-hydrogen) atoms. The molecule has 5 heteroatoms. The van der Waals surface area contributed by atoms with Crippen LogP contribution in [0, 0.1) is 23.6 Å². The smallest absolute Gasteiger partial charge is 0.306 e. The highest BCUT2D eigenvalue weighted by molar-refractivity contribution is 5.80. The number of amides is 1. The largest absolute Gasteiger partial charge is 0.456 e. The molecule has 1 aromatic rings. The van der Waals surface area contributed by atoms with E-state index < -0.39 is 0 Å². The van der Waals surface area contributed by atoms with E-state index >= 15 is 0 Å². The van der Waals surface area contributed by atoms with E-state index in [1.807, 2.05) is 0 Å². The number of nitrogens with one attached hydrogen (secondary N) is 1. The fourth-order valence-electron chi connectivity index (χ4n) is 3.90. The highest BCUT2D eigenvalue weighted by Gasteiger charge is 2.40. The zero-order valence-corrected chi connectivity index (χ0v) is 13.1. The van der Waals surface area contributed by atoms with Gasteiger partial charge in [0.2, 0.25) is 0 Å². The Hall–Kier alpha value is -1.91. The molecular formula is C18H22FNO3. The van der Waals surface area contributed by atoms with Crippen molar-refractivity contribution in [2.75, 3.05) is 6.61 Å². The van der Waals surface area contributed by atoms with Gasteiger partial charge in [0.05, 0.1) is 0 Å². The summed E-state index contributed by atoms with van der Waals surface area (Å²) in [6, 6.07) is 5.90. The third kappa shape index (κ3) is 4.30. The third-order valence-corrected chi connectivity index (χ3v) is 5.08. The predicted molar refractivity (Wildman–Crippen MR) is 82.8 cm³/mol. The summed E-state index contributed by atoms with van der Waals surface area (Å²) in [6.07, 6.45) is 5.38. The van der Waals surface area contributed by atoms with Crippen LogP contribution in [-0.2, 0) is 20.9 Å². The van der Waals surface area contributed by atoms with Crippen LogP contribution >= 0.6 is 0 Å². The van der Waals surface area contributed by atoms with Crippen LogP contribution in [0.4, 0.5) is 4.39 Å². The number of halogens is 1. The zero-order chi connectivity index (χ0) is 16.2. The first-order chi connectivity index (χ1) is 11.1. The average Bonchev–Trinajstić information content (AvgIpc) is 3.15. The maximum Gasteiger partial charge on any atom is 0.306 e. The van der Waals surface area contributed by atoms with Crippen LogP contribution in [0.2, 0.25) is 0 Å². The molecule has 1 N–H and O–H groups in total. The molecule has 0 unspecified atom stereocenters. The number of rotatable bonds is 6. The molecule has 2 saturated carbocycles. The van der Waals surface area contributed by atoms with Gasteiger partial charge in [0.25, 0.3) is 5.91 Å². The fourth-order valence-corrected chi connectivity index (χ4v) is 3.90. The van der Waals surface area contributed by atoms with E-state index in [1.165, 1.54) is 31.4 Å². The van der Waals surface area contributed by atoms with E-state index in [0.717, 1.165) is 17.9 Å². The Bertz CT molecular complexity index is 572. The number of hydrogen-bond acceptors (Lipinski definition) is 3. The summed E-state index contributed by atoms with van der Waals surface area (Å²) in [4.78, 5) is 23.5. The van der Waals surface area contributed by atoms with Gasteiger partial charge in [0.1, 0.15) is 5.82 Å². The maximum atomic E-state index is 12.8. The molecule has 124 valence electrons. The lowest BCUT2D eigenvalue weighted by Gasteiger charge is -2.20. The Morgan fingerprint density at radius 3 is 2.61 bits per heavy atom. The SMILES string of the molecule is O=C(COC(=O)C[C@H]1C[C@@H]2CC[C@@H]1C2)NCc1ccc(F)cc1. The normalized spacial score (nSPS) is 25.3. The Balaban J connectivity index is 1.34. The minimum absolute atomic E-state index is 0.249. The second-order valence-corrected chi connectivity index (χ2v) is 6.70. The lowest BCUT2D eigenvalue weighted by molar-refractivity contribution is -0.149. The van der Waals surface area contributed by atoms with Crippen LogP contribution in [0.5, 0.6) is 0 Å². The molecule has 0 saturated heterocycles. The van der Waals surface area contributed by atoms with E-state index in [-0.39, 0.29) is 24.3 Å². The molecule has 0 aromatic heterocycles. The van der Waals surface area contributed by atoms with E-state index in [9.17, 15) is 14.0 Å². The summed E-state index contributed by atoms with van der Waals surface area (Å²) < 4.78 is 17.8. The summed E-state index contributed by atoms with van der Waals surface area (Å²) in [7, 11) is 0. The minimum Gasteiger partial charge on any atom is -0.456 e. The Labute approximate surface area is 135 Å². The van der Waals surface area contributed by atoms with E-state index in [2.05, 4.69) is 5.32 Å². The molecule has 2 fully saturated rings. The van der Waals surface area contributed by atoms with Gasteiger partial charge in [0.15, 0.2) is 6.61 Å². The summed E-state index contributed by atoms with van der Waals surface area (Å²) in [5.41, 5.74) is 0.799. The number of carbonyl (C=O) groups is 2. The lowest BCUT2D eigenvalue weighted by Crippen LogP contribution is -2.29. The molecule has 3 atom stereocenters. The van der Waals surface area contributed by atoms with Crippen molar-refractivity contribution in [3.05, 3.63) is 35.6 Å². The highest BCUT2D eigenvalue weighted by Crippen LogP contribution is 2.49. The highest BCUT2D eigenvalue weighted by atomic mass is 19.1. The van der Waals surface area contributed by atoms with Crippen LogP contribution in [0.1, 0.15) is 37.7 Å². The maximum absolute atomic E-state index is 12.8. The Kier molecular flexibility index (Phi) is 4.94. The molecule has 0 aliphatic heterocycles. The number of hydrogen-bond donors (Lipinski definition) is 1. The van der Waals surface area contributed by atoms with E-state index in [0.29, 0.717) is 24.8 Å². The van der Waals surface area contributed by atoms with Crippen molar-refractivity contribution in [3.8, 4) is 0 Å². The molecule has 2 aliphatic carbocycles. The van der Waals surface area contributed by atoms with Crippen molar-refractivity contribution >= 4 is 11.9 Å². The van der Waals surface area contributed by atoms with Crippen molar-refractivity contribution in [1.82, 2.24) is 5.32 Å². The number of ether oxygens (including phenoxy) is 1. The zero-order valence-electron chi connectivity index (χ0n) is 13.1. The molecule has 0 radical (unpaired) electrons. The topological polar surface area (TPSA) is 55.4 Å². The van der Waals surface area contributed by atoms with Crippen LogP contribution in [0.3, 0.4) is 0 Å². The summed E-state index contributed by atoms with van der Waals surface area (Å²) in [5.74, 6) is 1.00. The van der Waals surface area contributed by atoms with Gasteiger partial charge in [-0.15, -0.1) is 0 Å². The summed E-state index contributed by atoms with van der Waals surface area (Å²) >= 11 is 0. The number of carbonyl (C=O) groups excluding carboxylic acids is 2. The number of esters is 1. The van der Waals surface area contributed by atoms with Gasteiger partial charge in [-0.05, 0) is 54.7 Å². The monoisotopic (exact) mass is 319 g/mol.